The highest BCUT2D eigenvalue weighted by molar-refractivity contribution is 6.31. The van der Waals surface area contributed by atoms with E-state index in [1.165, 1.54) is 12.1 Å². The van der Waals surface area contributed by atoms with Crippen molar-refractivity contribution < 1.29 is 18.7 Å². The molecule has 21 heavy (non-hydrogen) atoms. The second kappa shape index (κ2) is 3.93. The lowest BCUT2D eigenvalue weighted by Gasteiger charge is -2.24. The molecule has 2 bridgehead atoms. The van der Waals surface area contributed by atoms with Gasteiger partial charge in [-0.1, -0.05) is 23.8 Å². The number of halogens is 2. The van der Waals surface area contributed by atoms with Crippen molar-refractivity contribution >= 4 is 29.1 Å². The van der Waals surface area contributed by atoms with E-state index in [0.717, 1.165) is 11.0 Å². The molecule has 0 radical (unpaired) electrons. The van der Waals surface area contributed by atoms with Crippen LogP contribution in [0.25, 0.3) is 0 Å². The zero-order valence-corrected chi connectivity index (χ0v) is 11.8. The van der Waals surface area contributed by atoms with Crippen molar-refractivity contribution in [3.63, 3.8) is 0 Å². The van der Waals surface area contributed by atoms with Crippen molar-refractivity contribution in [2.75, 3.05) is 4.90 Å². The fourth-order valence-corrected chi connectivity index (χ4v) is 3.71. The average molecular weight is 308 g/mol. The third-order valence-corrected chi connectivity index (χ3v) is 4.78. The first-order valence-corrected chi connectivity index (χ1v) is 7.00. The predicted molar refractivity (Wildman–Crippen MR) is 73.3 cm³/mol. The second-order valence-corrected chi connectivity index (χ2v) is 6.15. The summed E-state index contributed by atoms with van der Waals surface area (Å²) in [4.78, 5) is 26.3. The summed E-state index contributed by atoms with van der Waals surface area (Å²) in [6.07, 6.45) is 3.30. The summed E-state index contributed by atoms with van der Waals surface area (Å²) in [5.41, 5.74) is -0.436. The number of nitrogens with zero attached hydrogens (tertiary/aromatic N) is 1. The average Bonchev–Trinajstić information content (AvgIpc) is 3.03. The summed E-state index contributed by atoms with van der Waals surface area (Å²) in [5.74, 6) is -2.25. The van der Waals surface area contributed by atoms with Gasteiger partial charge in [0.2, 0.25) is 11.8 Å². The Hall–Kier alpha value is -1.72. The highest BCUT2D eigenvalue weighted by Gasteiger charge is 2.66. The van der Waals surface area contributed by atoms with Crippen molar-refractivity contribution in [3.8, 4) is 0 Å². The third kappa shape index (κ3) is 1.53. The lowest BCUT2D eigenvalue weighted by atomic mass is 9.78. The molecule has 3 heterocycles. The van der Waals surface area contributed by atoms with Crippen LogP contribution in [0.1, 0.15) is 6.92 Å². The van der Waals surface area contributed by atoms with Gasteiger partial charge >= 0.3 is 0 Å². The number of hydrogen-bond acceptors (Lipinski definition) is 3. The summed E-state index contributed by atoms with van der Waals surface area (Å²) < 4.78 is 19.0. The van der Waals surface area contributed by atoms with Crippen molar-refractivity contribution in [1.29, 1.82) is 0 Å². The molecule has 0 unspecified atom stereocenters. The largest absolute Gasteiger partial charge is 0.362 e. The maximum absolute atomic E-state index is 13.3. The summed E-state index contributed by atoms with van der Waals surface area (Å²) in [7, 11) is 0. The van der Waals surface area contributed by atoms with Crippen LogP contribution in [-0.4, -0.2) is 23.5 Å². The quantitative estimate of drug-likeness (QED) is 0.591. The smallest absolute Gasteiger partial charge is 0.241 e. The van der Waals surface area contributed by atoms with E-state index in [-0.39, 0.29) is 22.9 Å². The second-order valence-electron chi connectivity index (χ2n) is 5.74. The highest BCUT2D eigenvalue weighted by Crippen LogP contribution is 2.52. The van der Waals surface area contributed by atoms with Crippen LogP contribution in [0.4, 0.5) is 10.1 Å². The fourth-order valence-electron chi connectivity index (χ4n) is 3.53. The number of amides is 2. The van der Waals surface area contributed by atoms with E-state index in [1.54, 1.807) is 6.92 Å². The highest BCUT2D eigenvalue weighted by atomic mass is 35.5. The number of rotatable bonds is 1. The molecule has 4 rings (SSSR count). The molecule has 4 nitrogen and oxygen atoms in total. The van der Waals surface area contributed by atoms with Crippen LogP contribution in [0.15, 0.2) is 30.4 Å². The molecule has 2 fully saturated rings. The van der Waals surface area contributed by atoms with Crippen molar-refractivity contribution in [1.82, 2.24) is 0 Å². The van der Waals surface area contributed by atoms with E-state index in [9.17, 15) is 14.0 Å². The monoisotopic (exact) mass is 307 g/mol. The van der Waals surface area contributed by atoms with Crippen molar-refractivity contribution in [2.24, 2.45) is 11.8 Å². The summed E-state index contributed by atoms with van der Waals surface area (Å²) in [6, 6.07) is 3.83. The van der Waals surface area contributed by atoms with Crippen LogP contribution in [0.3, 0.4) is 0 Å². The molecular formula is C15H11ClFNO3. The molecular weight excluding hydrogens is 297 g/mol. The maximum atomic E-state index is 13.3. The van der Waals surface area contributed by atoms with Crippen LogP contribution < -0.4 is 4.90 Å². The van der Waals surface area contributed by atoms with Gasteiger partial charge in [-0.15, -0.1) is 0 Å². The number of ether oxygens (including phenoxy) is 1. The van der Waals surface area contributed by atoms with Crippen molar-refractivity contribution in [3.05, 3.63) is 41.2 Å². The normalized spacial score (nSPS) is 36.7. The van der Waals surface area contributed by atoms with E-state index in [4.69, 9.17) is 16.3 Å². The first-order chi connectivity index (χ1) is 9.92. The Labute approximate surface area is 125 Å². The van der Waals surface area contributed by atoms with E-state index < -0.39 is 23.3 Å². The molecule has 3 aliphatic rings. The number of benzene rings is 1. The Bertz CT molecular complexity index is 719. The van der Waals surface area contributed by atoms with Crippen molar-refractivity contribution in [2.45, 2.75) is 18.6 Å². The lowest BCUT2D eigenvalue weighted by Crippen LogP contribution is -2.38. The zero-order valence-electron chi connectivity index (χ0n) is 11.0. The van der Waals surface area contributed by atoms with Gasteiger partial charge in [0.05, 0.1) is 34.3 Å². The SMILES string of the molecule is C[C@@]12C=C[C@H](O1)[C@H]1C(=O)N(c3ccc(F)c(Cl)c3)C(=O)[C@@H]12. The number of carbonyl (C=O) groups is 2. The molecule has 0 saturated carbocycles. The van der Waals surface area contributed by atoms with E-state index in [2.05, 4.69) is 0 Å². The van der Waals surface area contributed by atoms with Crippen LogP contribution in [0.5, 0.6) is 0 Å². The zero-order chi connectivity index (χ0) is 14.9. The number of imide groups is 1. The van der Waals surface area contributed by atoms with Gasteiger partial charge in [-0.25, -0.2) is 9.29 Å². The third-order valence-electron chi connectivity index (χ3n) is 4.49. The van der Waals surface area contributed by atoms with Gasteiger partial charge in [0.15, 0.2) is 0 Å². The number of anilines is 1. The lowest BCUT2D eigenvalue weighted by molar-refractivity contribution is -0.126. The van der Waals surface area contributed by atoms with Crippen LogP contribution in [-0.2, 0) is 14.3 Å². The van der Waals surface area contributed by atoms with E-state index in [1.807, 2.05) is 12.2 Å². The topological polar surface area (TPSA) is 46.6 Å². The van der Waals surface area contributed by atoms with Gasteiger partial charge in [-0.2, -0.15) is 0 Å². The molecule has 0 N–H and O–H groups in total. The van der Waals surface area contributed by atoms with Gasteiger partial charge in [0.25, 0.3) is 0 Å². The van der Waals surface area contributed by atoms with Gasteiger partial charge in [0, 0.05) is 0 Å². The molecule has 1 aromatic rings. The van der Waals surface area contributed by atoms with Crippen LogP contribution >= 0.6 is 11.6 Å². The maximum Gasteiger partial charge on any atom is 0.241 e. The summed E-state index contributed by atoms with van der Waals surface area (Å²) >= 11 is 5.74. The molecule has 0 aromatic heterocycles. The Morgan fingerprint density at radius 2 is 2.10 bits per heavy atom. The Morgan fingerprint density at radius 3 is 2.76 bits per heavy atom. The fraction of sp³-hybridized carbons (Fsp3) is 0.333. The Kier molecular flexibility index (Phi) is 2.43. The molecule has 0 aliphatic carbocycles. The van der Waals surface area contributed by atoms with Crippen LogP contribution in [0.2, 0.25) is 5.02 Å². The van der Waals surface area contributed by atoms with Gasteiger partial charge in [-0.3, -0.25) is 9.59 Å². The van der Waals surface area contributed by atoms with Gasteiger partial charge in [-0.05, 0) is 25.1 Å². The van der Waals surface area contributed by atoms with E-state index in [0.29, 0.717) is 5.69 Å². The Morgan fingerprint density at radius 1 is 1.33 bits per heavy atom. The van der Waals surface area contributed by atoms with E-state index >= 15 is 0 Å². The van der Waals surface area contributed by atoms with Gasteiger partial charge < -0.3 is 4.74 Å². The summed E-state index contributed by atoms with van der Waals surface area (Å²) in [6.45, 7) is 1.81. The number of carbonyl (C=O) groups excluding carboxylic acids is 2. The molecule has 2 saturated heterocycles. The summed E-state index contributed by atoms with van der Waals surface area (Å²) in [5, 5.41) is -0.117. The molecule has 2 amide bonds. The molecule has 1 aromatic carbocycles. The molecule has 4 atom stereocenters. The minimum atomic E-state index is -0.735. The minimum Gasteiger partial charge on any atom is -0.362 e. The molecule has 108 valence electrons. The number of hydrogen-bond donors (Lipinski definition) is 0. The molecule has 0 spiro atoms. The van der Waals surface area contributed by atoms with Gasteiger partial charge in [0.1, 0.15) is 5.82 Å². The van der Waals surface area contributed by atoms with Crippen LogP contribution in [0, 0.1) is 17.7 Å². The molecule has 6 heteroatoms. The predicted octanol–water partition coefficient (Wildman–Crippen LogP) is 2.31. The minimum absolute atomic E-state index is 0.117. The number of fused-ring (bicyclic) bond motifs is 5. The first-order valence-electron chi connectivity index (χ1n) is 6.62. The molecule has 3 aliphatic heterocycles. The Balaban J connectivity index is 1.78. The first kappa shape index (κ1) is 13.0. The standard InChI is InChI=1S/C15H11ClFNO3/c1-15-5-4-10(21-15)11-12(15)14(20)18(13(11)19)7-2-3-9(17)8(16)6-7/h2-6,10-12H,1H3/t10-,11+,12+,15-/m0/s1.